The van der Waals surface area contributed by atoms with Gasteiger partial charge in [-0.2, -0.15) is 4.98 Å². The predicted molar refractivity (Wildman–Crippen MR) is 125 cm³/mol. The maximum Gasteiger partial charge on any atom is 0.245 e. The Balaban J connectivity index is 1.53. The molecule has 0 saturated carbocycles. The van der Waals surface area contributed by atoms with E-state index in [1.807, 2.05) is 24.3 Å². The van der Waals surface area contributed by atoms with Crippen molar-refractivity contribution in [1.29, 1.82) is 0 Å². The lowest BCUT2D eigenvalue weighted by Gasteiger charge is -2.34. The van der Waals surface area contributed by atoms with Crippen LogP contribution >= 0.6 is 0 Å². The Morgan fingerprint density at radius 2 is 1.74 bits per heavy atom. The molecule has 0 unspecified atom stereocenters. The fraction of sp³-hybridized carbons (Fsp3) is 0.440. The lowest BCUT2D eigenvalue weighted by molar-refractivity contribution is 0.271. The van der Waals surface area contributed by atoms with Crippen molar-refractivity contribution in [2.75, 3.05) is 24.6 Å². The topological polar surface area (TPSA) is 66.1 Å². The highest BCUT2D eigenvalue weighted by Crippen LogP contribution is 2.25. The van der Waals surface area contributed by atoms with E-state index in [1.165, 1.54) is 11.1 Å². The Hall–Kier alpha value is -2.86. The third kappa shape index (κ3) is 5.64. The van der Waals surface area contributed by atoms with Gasteiger partial charge in [0.1, 0.15) is 5.75 Å². The van der Waals surface area contributed by atoms with Gasteiger partial charge < -0.3 is 15.0 Å². The van der Waals surface area contributed by atoms with E-state index in [9.17, 15) is 0 Å². The maximum absolute atomic E-state index is 5.80. The molecule has 1 aliphatic heterocycles. The number of hydrogen-bond acceptors (Lipinski definition) is 5. The van der Waals surface area contributed by atoms with Crippen molar-refractivity contribution in [2.24, 2.45) is 5.92 Å². The summed E-state index contributed by atoms with van der Waals surface area (Å²) in [6.45, 7) is 10.0. The van der Waals surface area contributed by atoms with Gasteiger partial charge in [-0.1, -0.05) is 43.7 Å². The fourth-order valence-electron chi connectivity index (χ4n) is 3.85. The van der Waals surface area contributed by atoms with Crippen molar-refractivity contribution in [3.05, 3.63) is 59.7 Å². The molecule has 2 heterocycles. The number of hydrogen-bond donors (Lipinski definition) is 2. The molecule has 2 N–H and O–H groups in total. The molecular weight excluding hydrogens is 386 g/mol. The van der Waals surface area contributed by atoms with E-state index in [2.05, 4.69) is 65.5 Å². The molecule has 0 atom stereocenters. The highest BCUT2D eigenvalue weighted by Gasteiger charge is 2.24. The molecule has 0 radical (unpaired) electrons. The van der Waals surface area contributed by atoms with E-state index in [1.54, 1.807) is 0 Å². The molecule has 0 aliphatic carbocycles. The zero-order valence-corrected chi connectivity index (χ0v) is 18.8. The van der Waals surface area contributed by atoms with Crippen molar-refractivity contribution in [2.45, 2.75) is 46.2 Å². The van der Waals surface area contributed by atoms with Crippen LogP contribution in [0.25, 0.3) is 11.4 Å². The number of nitrogens with zero attached hydrogens (tertiary/aromatic N) is 3. The third-order valence-corrected chi connectivity index (χ3v) is 5.66. The molecular formula is C25H33N5O. The van der Waals surface area contributed by atoms with Crippen LogP contribution < -0.4 is 15.0 Å². The first-order valence-electron chi connectivity index (χ1n) is 11.3. The van der Waals surface area contributed by atoms with Crippen LogP contribution in [0.15, 0.2) is 48.5 Å². The highest BCUT2D eigenvalue weighted by molar-refractivity contribution is 5.57. The van der Waals surface area contributed by atoms with Crippen LogP contribution in [0.2, 0.25) is 0 Å². The molecule has 6 nitrogen and oxygen atoms in total. The van der Waals surface area contributed by atoms with Crippen LogP contribution in [0.3, 0.4) is 0 Å². The lowest BCUT2D eigenvalue weighted by Crippen LogP contribution is -2.43. The van der Waals surface area contributed by atoms with Crippen molar-refractivity contribution in [3.8, 4) is 17.1 Å². The number of aromatic nitrogens is 3. The van der Waals surface area contributed by atoms with E-state index in [0.29, 0.717) is 12.0 Å². The molecule has 1 saturated heterocycles. The Morgan fingerprint density at radius 1 is 1.03 bits per heavy atom. The minimum absolute atomic E-state index is 0.429. The molecule has 1 aliphatic rings. The third-order valence-electron chi connectivity index (χ3n) is 5.66. The van der Waals surface area contributed by atoms with E-state index in [0.717, 1.165) is 62.2 Å². The van der Waals surface area contributed by atoms with Gasteiger partial charge >= 0.3 is 0 Å². The van der Waals surface area contributed by atoms with E-state index in [-0.39, 0.29) is 0 Å². The van der Waals surface area contributed by atoms with Gasteiger partial charge in [-0.15, -0.1) is 5.10 Å². The molecule has 4 rings (SSSR count). The van der Waals surface area contributed by atoms with Gasteiger partial charge in [-0.25, -0.2) is 0 Å². The molecule has 2 aromatic carbocycles. The predicted octanol–water partition coefficient (Wildman–Crippen LogP) is 4.57. The Labute approximate surface area is 185 Å². The average Bonchev–Trinajstić information content (AvgIpc) is 3.28. The molecule has 0 bridgehead atoms. The number of benzene rings is 2. The second kappa shape index (κ2) is 9.96. The summed E-state index contributed by atoms with van der Waals surface area (Å²) in [7, 11) is 0. The summed E-state index contributed by atoms with van der Waals surface area (Å²) in [4.78, 5) is 7.22. The highest BCUT2D eigenvalue weighted by atomic mass is 16.5. The van der Waals surface area contributed by atoms with Crippen LogP contribution in [-0.2, 0) is 6.54 Å². The smallest absolute Gasteiger partial charge is 0.245 e. The summed E-state index contributed by atoms with van der Waals surface area (Å²) in [5, 5.41) is 11.2. The molecule has 0 amide bonds. The van der Waals surface area contributed by atoms with Gasteiger partial charge in [-0.3, -0.25) is 5.10 Å². The van der Waals surface area contributed by atoms with Gasteiger partial charge in [0.05, 0.1) is 6.61 Å². The first-order valence-corrected chi connectivity index (χ1v) is 11.3. The van der Waals surface area contributed by atoms with Crippen LogP contribution in [0.5, 0.6) is 5.75 Å². The zero-order chi connectivity index (χ0) is 21.6. The monoisotopic (exact) mass is 419 g/mol. The van der Waals surface area contributed by atoms with Gasteiger partial charge in [0.2, 0.25) is 5.95 Å². The summed E-state index contributed by atoms with van der Waals surface area (Å²) in [6.07, 6.45) is 2.19. The number of piperidine rings is 1. The Bertz CT molecular complexity index is 943. The van der Waals surface area contributed by atoms with E-state index in [4.69, 9.17) is 9.72 Å². The largest absolute Gasteiger partial charge is 0.493 e. The second-order valence-corrected chi connectivity index (χ2v) is 8.81. The molecule has 1 fully saturated rings. The molecule has 164 valence electrons. The number of H-pyrrole nitrogens is 1. The summed E-state index contributed by atoms with van der Waals surface area (Å²) in [6, 6.07) is 17.2. The lowest BCUT2D eigenvalue weighted by atomic mass is 10.0. The summed E-state index contributed by atoms with van der Waals surface area (Å²) in [5.74, 6) is 2.94. The Kier molecular flexibility index (Phi) is 6.87. The van der Waals surface area contributed by atoms with Gasteiger partial charge in [-0.05, 0) is 68.6 Å². The quantitative estimate of drug-likeness (QED) is 0.560. The zero-order valence-electron chi connectivity index (χ0n) is 18.8. The average molecular weight is 420 g/mol. The van der Waals surface area contributed by atoms with Crippen LogP contribution in [0.1, 0.15) is 37.8 Å². The summed E-state index contributed by atoms with van der Waals surface area (Å²) >= 11 is 0. The van der Waals surface area contributed by atoms with Crippen molar-refractivity contribution in [1.82, 2.24) is 20.5 Å². The molecule has 0 spiro atoms. The minimum Gasteiger partial charge on any atom is -0.493 e. The number of ether oxygens (including phenoxy) is 1. The first-order chi connectivity index (χ1) is 15.1. The van der Waals surface area contributed by atoms with Crippen LogP contribution in [0.4, 0.5) is 5.95 Å². The summed E-state index contributed by atoms with van der Waals surface area (Å²) in [5.41, 5.74) is 3.57. The van der Waals surface area contributed by atoms with Crippen LogP contribution in [0, 0.1) is 12.8 Å². The number of aryl methyl sites for hydroxylation is 1. The maximum atomic E-state index is 5.80. The molecule has 3 aromatic rings. The minimum atomic E-state index is 0.429. The number of nitrogens with one attached hydrogen (secondary N) is 2. The summed E-state index contributed by atoms with van der Waals surface area (Å²) < 4.78 is 5.80. The number of anilines is 1. The van der Waals surface area contributed by atoms with Gasteiger partial charge in [0, 0.05) is 18.2 Å². The van der Waals surface area contributed by atoms with Gasteiger partial charge in [0.15, 0.2) is 5.82 Å². The number of aromatic amines is 1. The van der Waals surface area contributed by atoms with Gasteiger partial charge in [0.25, 0.3) is 0 Å². The van der Waals surface area contributed by atoms with Crippen LogP contribution in [-0.4, -0.2) is 40.9 Å². The molecule has 6 heteroatoms. The number of rotatable bonds is 8. The Morgan fingerprint density at radius 3 is 2.42 bits per heavy atom. The fourth-order valence-corrected chi connectivity index (χ4v) is 3.85. The van der Waals surface area contributed by atoms with E-state index < -0.39 is 0 Å². The SMILES string of the molecule is Cc1ccc(CN(c2n[nH]c(-c3ccc(OCC(C)C)cc3)n2)C2CCNCC2)cc1. The molecule has 31 heavy (non-hydrogen) atoms. The van der Waals surface area contributed by atoms with Crippen molar-refractivity contribution in [3.63, 3.8) is 0 Å². The molecule has 1 aromatic heterocycles. The standard InChI is InChI=1S/C25H33N5O/c1-18(2)17-31-23-10-8-21(9-11-23)24-27-25(29-28-24)30(22-12-14-26-15-13-22)16-20-6-4-19(3)5-7-20/h4-11,18,22,26H,12-17H2,1-3H3,(H,27,28,29). The van der Waals surface area contributed by atoms with Crippen molar-refractivity contribution < 1.29 is 4.74 Å². The van der Waals surface area contributed by atoms with E-state index >= 15 is 0 Å². The second-order valence-electron chi connectivity index (χ2n) is 8.81. The first kappa shape index (κ1) is 21.4. The normalized spacial score (nSPS) is 14.7. The van der Waals surface area contributed by atoms with Crippen molar-refractivity contribution >= 4 is 5.95 Å².